The predicted octanol–water partition coefficient (Wildman–Crippen LogP) is 2.56. The zero-order valence-corrected chi connectivity index (χ0v) is 17.2. The summed E-state index contributed by atoms with van der Waals surface area (Å²) in [7, 11) is 1.74. The first-order valence-electron chi connectivity index (χ1n) is 9.82. The highest BCUT2D eigenvalue weighted by Crippen LogP contribution is 2.28. The van der Waals surface area contributed by atoms with E-state index in [1.54, 1.807) is 18.1 Å². The van der Waals surface area contributed by atoms with E-state index in [9.17, 15) is 14.4 Å². The number of nitrogens with zero attached hydrogens (tertiary/aromatic N) is 2. The standard InChI is InChI=1S/C23H24N4O3/c1-14-9-15(2)11-17(10-14)24-21(28)18-13-26(3)20-19(18)25-23(30)27(22(20)29)12-16-7-5-4-6-8-16/h4-11,13,19-20H,12H2,1-3H3,(H,24,28)(H,25,30). The first-order chi connectivity index (χ1) is 14.3. The number of carbonyl (C=O) groups is 3. The third-order valence-electron chi connectivity index (χ3n) is 5.40. The summed E-state index contributed by atoms with van der Waals surface area (Å²) in [6.45, 7) is 4.11. The van der Waals surface area contributed by atoms with Crippen molar-refractivity contribution in [3.63, 3.8) is 0 Å². The molecule has 0 aliphatic carbocycles. The average molecular weight is 404 g/mol. The van der Waals surface area contributed by atoms with Crippen molar-refractivity contribution < 1.29 is 14.4 Å². The Bertz CT molecular complexity index is 1030. The molecular weight excluding hydrogens is 380 g/mol. The minimum absolute atomic E-state index is 0.187. The Morgan fingerprint density at radius 3 is 2.40 bits per heavy atom. The quantitative estimate of drug-likeness (QED) is 0.821. The van der Waals surface area contributed by atoms with Crippen molar-refractivity contribution in [1.29, 1.82) is 0 Å². The van der Waals surface area contributed by atoms with Crippen LogP contribution in [0.15, 0.2) is 60.3 Å². The molecule has 0 radical (unpaired) electrons. The van der Waals surface area contributed by atoms with Crippen LogP contribution in [0.5, 0.6) is 0 Å². The van der Waals surface area contributed by atoms with Crippen LogP contribution >= 0.6 is 0 Å². The van der Waals surface area contributed by atoms with Crippen LogP contribution in [-0.4, -0.2) is 46.8 Å². The van der Waals surface area contributed by atoms with Crippen LogP contribution in [0, 0.1) is 13.8 Å². The Morgan fingerprint density at radius 2 is 1.73 bits per heavy atom. The maximum Gasteiger partial charge on any atom is 0.325 e. The molecule has 154 valence electrons. The highest BCUT2D eigenvalue weighted by molar-refractivity contribution is 6.09. The number of fused-ring (bicyclic) bond motifs is 1. The van der Waals surface area contributed by atoms with Crippen molar-refractivity contribution in [3.05, 3.63) is 77.0 Å². The Hall–Kier alpha value is -3.61. The van der Waals surface area contributed by atoms with Crippen LogP contribution in [0.4, 0.5) is 10.5 Å². The second kappa shape index (κ2) is 7.67. The fourth-order valence-corrected chi connectivity index (χ4v) is 4.10. The molecule has 0 aromatic heterocycles. The molecule has 2 unspecified atom stereocenters. The summed E-state index contributed by atoms with van der Waals surface area (Å²) in [4.78, 5) is 41.6. The van der Waals surface area contributed by atoms with E-state index in [2.05, 4.69) is 10.6 Å². The van der Waals surface area contributed by atoms with E-state index in [4.69, 9.17) is 0 Å². The minimum atomic E-state index is -0.687. The number of rotatable bonds is 4. The minimum Gasteiger partial charge on any atom is -0.366 e. The van der Waals surface area contributed by atoms with Crippen LogP contribution in [0.2, 0.25) is 0 Å². The van der Waals surface area contributed by atoms with Gasteiger partial charge in [0.1, 0.15) is 6.04 Å². The summed E-state index contributed by atoms with van der Waals surface area (Å²) in [6.07, 6.45) is 1.64. The topological polar surface area (TPSA) is 81.8 Å². The van der Waals surface area contributed by atoms with Gasteiger partial charge < -0.3 is 15.5 Å². The molecular formula is C23H24N4O3. The number of amides is 4. The number of likely N-dealkylation sites (N-methyl/N-ethyl adjacent to an activating group) is 1. The van der Waals surface area contributed by atoms with Crippen LogP contribution < -0.4 is 10.6 Å². The lowest BCUT2D eigenvalue weighted by Crippen LogP contribution is -2.64. The SMILES string of the molecule is Cc1cc(C)cc(NC(=O)C2=CN(C)C3C(=O)N(Cc4ccccc4)C(=O)NC23)c1. The number of hydrogen-bond acceptors (Lipinski definition) is 4. The van der Waals surface area contributed by atoms with Crippen molar-refractivity contribution in [2.75, 3.05) is 12.4 Å². The molecule has 2 heterocycles. The van der Waals surface area contributed by atoms with Crippen molar-refractivity contribution in [3.8, 4) is 0 Å². The van der Waals surface area contributed by atoms with Crippen LogP contribution in [-0.2, 0) is 16.1 Å². The molecule has 1 saturated heterocycles. The monoisotopic (exact) mass is 404 g/mol. The van der Waals surface area contributed by atoms with Gasteiger partial charge in [-0.15, -0.1) is 0 Å². The van der Waals surface area contributed by atoms with E-state index in [0.717, 1.165) is 16.7 Å². The molecule has 2 aliphatic heterocycles. The van der Waals surface area contributed by atoms with Crippen molar-refractivity contribution in [1.82, 2.24) is 15.1 Å². The number of aryl methyl sites for hydroxylation is 2. The summed E-state index contributed by atoms with van der Waals surface area (Å²) in [5.74, 6) is -0.649. The van der Waals surface area contributed by atoms with Gasteiger partial charge >= 0.3 is 6.03 Å². The van der Waals surface area contributed by atoms with E-state index in [0.29, 0.717) is 11.3 Å². The Balaban J connectivity index is 1.53. The smallest absolute Gasteiger partial charge is 0.325 e. The summed E-state index contributed by atoms with van der Waals surface area (Å²) < 4.78 is 0. The number of urea groups is 1. The Labute approximate surface area is 175 Å². The zero-order chi connectivity index (χ0) is 21.4. The number of hydrogen-bond donors (Lipinski definition) is 2. The molecule has 7 nitrogen and oxygen atoms in total. The first kappa shape index (κ1) is 19.7. The molecule has 0 bridgehead atoms. The lowest BCUT2D eigenvalue weighted by Gasteiger charge is -2.37. The van der Waals surface area contributed by atoms with Crippen molar-refractivity contribution in [2.45, 2.75) is 32.5 Å². The summed E-state index contributed by atoms with van der Waals surface area (Å²) in [5, 5.41) is 5.73. The zero-order valence-electron chi connectivity index (χ0n) is 17.2. The summed E-state index contributed by atoms with van der Waals surface area (Å²) >= 11 is 0. The van der Waals surface area contributed by atoms with Gasteiger partial charge in [-0.3, -0.25) is 14.5 Å². The number of nitrogens with one attached hydrogen (secondary N) is 2. The van der Waals surface area contributed by atoms with Gasteiger partial charge in [-0.2, -0.15) is 0 Å². The second-order valence-electron chi connectivity index (χ2n) is 7.86. The van der Waals surface area contributed by atoms with Gasteiger partial charge in [0.15, 0.2) is 0 Å². The van der Waals surface area contributed by atoms with Gasteiger partial charge in [-0.05, 0) is 42.7 Å². The van der Waals surface area contributed by atoms with Crippen LogP contribution in [0.25, 0.3) is 0 Å². The molecule has 7 heteroatoms. The summed E-state index contributed by atoms with van der Waals surface area (Å²) in [5.41, 5.74) is 3.99. The molecule has 2 aliphatic rings. The van der Waals surface area contributed by atoms with Gasteiger partial charge in [-0.1, -0.05) is 36.4 Å². The summed E-state index contributed by atoms with van der Waals surface area (Å²) in [6, 6.07) is 13.3. The molecule has 2 atom stereocenters. The largest absolute Gasteiger partial charge is 0.366 e. The highest BCUT2D eigenvalue weighted by Gasteiger charge is 2.49. The number of imide groups is 1. The molecule has 0 saturated carbocycles. The van der Waals surface area contributed by atoms with E-state index in [1.165, 1.54) is 4.90 Å². The lowest BCUT2D eigenvalue weighted by molar-refractivity contribution is -0.134. The second-order valence-corrected chi connectivity index (χ2v) is 7.86. The molecule has 2 aromatic carbocycles. The normalized spacial score (nSPS) is 20.6. The number of carbonyl (C=O) groups excluding carboxylic acids is 3. The highest BCUT2D eigenvalue weighted by atomic mass is 16.2. The van der Waals surface area contributed by atoms with Gasteiger partial charge in [0, 0.05) is 18.9 Å². The predicted molar refractivity (Wildman–Crippen MR) is 113 cm³/mol. The molecule has 4 amide bonds. The van der Waals surface area contributed by atoms with E-state index in [-0.39, 0.29) is 18.4 Å². The average Bonchev–Trinajstić information content (AvgIpc) is 3.01. The van der Waals surface area contributed by atoms with E-state index < -0.39 is 18.1 Å². The third kappa shape index (κ3) is 3.66. The third-order valence-corrected chi connectivity index (χ3v) is 5.40. The van der Waals surface area contributed by atoms with Gasteiger partial charge in [0.25, 0.3) is 11.8 Å². The first-order valence-corrected chi connectivity index (χ1v) is 9.82. The fraction of sp³-hybridized carbons (Fsp3) is 0.261. The molecule has 4 rings (SSSR count). The maximum absolute atomic E-state index is 13.1. The van der Waals surface area contributed by atoms with Gasteiger partial charge in [-0.25, -0.2) is 4.79 Å². The molecule has 2 aromatic rings. The molecule has 1 fully saturated rings. The lowest BCUT2D eigenvalue weighted by atomic mass is 9.99. The van der Waals surface area contributed by atoms with Gasteiger partial charge in [0.05, 0.1) is 18.2 Å². The van der Waals surface area contributed by atoms with E-state index in [1.807, 2.05) is 62.4 Å². The molecule has 2 N–H and O–H groups in total. The Morgan fingerprint density at radius 1 is 1.07 bits per heavy atom. The van der Waals surface area contributed by atoms with Gasteiger partial charge in [0.2, 0.25) is 0 Å². The number of benzene rings is 2. The van der Waals surface area contributed by atoms with Crippen LogP contribution in [0.1, 0.15) is 16.7 Å². The Kier molecular flexibility index (Phi) is 5.03. The van der Waals surface area contributed by atoms with Crippen molar-refractivity contribution >= 4 is 23.5 Å². The van der Waals surface area contributed by atoms with Crippen LogP contribution in [0.3, 0.4) is 0 Å². The van der Waals surface area contributed by atoms with E-state index >= 15 is 0 Å². The fourth-order valence-electron chi connectivity index (χ4n) is 4.10. The molecule has 30 heavy (non-hydrogen) atoms. The number of anilines is 1. The molecule has 0 spiro atoms. The van der Waals surface area contributed by atoms with Crippen molar-refractivity contribution in [2.24, 2.45) is 0 Å². The maximum atomic E-state index is 13.1.